The lowest BCUT2D eigenvalue weighted by Gasteiger charge is -2.43. The van der Waals surface area contributed by atoms with Crippen LogP contribution < -0.4 is 22.1 Å². The van der Waals surface area contributed by atoms with E-state index in [1.807, 2.05) is 16.3 Å². The zero-order chi connectivity index (χ0) is 25.6. The molecule has 0 aliphatic carbocycles. The van der Waals surface area contributed by atoms with E-state index in [9.17, 15) is 45.0 Å². The highest BCUT2D eigenvalue weighted by Gasteiger charge is 2.49. The molecule has 16 heteroatoms. The van der Waals surface area contributed by atoms with Gasteiger partial charge in [-0.25, -0.2) is 5.84 Å². The maximum Gasteiger partial charge on any atom is 0.270 e. The largest absolute Gasteiger partial charge is 0.394 e. The second-order valence-electron chi connectivity index (χ2n) is 8.10. The summed E-state index contributed by atoms with van der Waals surface area (Å²) in [5, 5.41) is 60.1. The van der Waals surface area contributed by atoms with Crippen molar-refractivity contribution in [3.8, 4) is 0 Å². The number of aliphatic hydroxyl groups is 6. The Bertz CT molecular complexity index is 714. The number of carbonyl (C=O) groups excluding carboxylic acids is 3. The van der Waals surface area contributed by atoms with Crippen molar-refractivity contribution < 1.29 is 59.2 Å². The average Bonchev–Trinajstić information content (AvgIpc) is 2.82. The van der Waals surface area contributed by atoms with Gasteiger partial charge in [0.25, 0.3) is 5.91 Å². The molecule has 196 valence electrons. The molecule has 34 heavy (non-hydrogen) atoms. The van der Waals surface area contributed by atoms with Crippen LogP contribution in [0.25, 0.3) is 0 Å². The summed E-state index contributed by atoms with van der Waals surface area (Å²) in [5.41, 5.74) is 5.80. The highest BCUT2D eigenvalue weighted by atomic mass is 16.7. The number of amides is 3. The van der Waals surface area contributed by atoms with Crippen molar-refractivity contribution in [3.63, 3.8) is 0 Å². The fourth-order valence-corrected chi connectivity index (χ4v) is 3.56. The molecule has 10 atom stereocenters. The van der Waals surface area contributed by atoms with Gasteiger partial charge in [-0.1, -0.05) is 6.92 Å². The first kappa shape index (κ1) is 28.2. The van der Waals surface area contributed by atoms with E-state index in [2.05, 4.69) is 0 Å². The molecule has 2 aliphatic rings. The molecule has 3 amide bonds. The van der Waals surface area contributed by atoms with E-state index >= 15 is 0 Å². The Morgan fingerprint density at radius 2 is 1.56 bits per heavy atom. The third-order valence-corrected chi connectivity index (χ3v) is 5.79. The number of carbonyl (C=O) groups is 3. The first-order chi connectivity index (χ1) is 16.0. The van der Waals surface area contributed by atoms with Gasteiger partial charge in [-0.15, -0.1) is 0 Å². The number of rotatable bonds is 8. The van der Waals surface area contributed by atoms with Gasteiger partial charge in [-0.3, -0.25) is 30.7 Å². The summed E-state index contributed by atoms with van der Waals surface area (Å²) in [7, 11) is 0. The van der Waals surface area contributed by atoms with Gasteiger partial charge >= 0.3 is 0 Å². The minimum atomic E-state index is -1.89. The minimum Gasteiger partial charge on any atom is -0.394 e. The Kier molecular flexibility index (Phi) is 10.5. The van der Waals surface area contributed by atoms with Crippen LogP contribution in [0.15, 0.2) is 0 Å². The summed E-state index contributed by atoms with van der Waals surface area (Å²) in [6.07, 6.45) is -13.1. The standard InChI is InChI=1S/C18H32N4O12/c1-6-7(11(26)8(4-23)33-17(6)31)5-32-18-14(29)12(27)13(28)15(34-18)16(30)22-21-10(25)3-2-9(24)20-19/h6-8,11-15,17-18,23,26-29,31H,2-5,19H2,1H3,(H,20,24)(H,21,25)(H,22,30)/t6-,7?,8?,11-,12?,13-,14-,15?,17+,18+/m0/s1. The normalized spacial score (nSPS) is 38.1. The molecule has 11 N–H and O–H groups in total. The van der Waals surface area contributed by atoms with Crippen LogP contribution in [0, 0.1) is 11.8 Å². The fraction of sp³-hybridized carbons (Fsp3) is 0.833. The van der Waals surface area contributed by atoms with E-state index in [0.717, 1.165) is 0 Å². The van der Waals surface area contributed by atoms with Crippen molar-refractivity contribution in [1.82, 2.24) is 16.3 Å². The first-order valence-corrected chi connectivity index (χ1v) is 10.5. The number of nitrogens with one attached hydrogen (secondary N) is 3. The van der Waals surface area contributed by atoms with Gasteiger partial charge in [0.2, 0.25) is 11.8 Å². The monoisotopic (exact) mass is 496 g/mol. The maximum absolute atomic E-state index is 12.4. The molecule has 0 aromatic heterocycles. The molecule has 2 heterocycles. The predicted octanol–water partition coefficient (Wildman–Crippen LogP) is -5.95. The molecule has 0 bridgehead atoms. The van der Waals surface area contributed by atoms with Gasteiger partial charge in [0.1, 0.15) is 24.4 Å². The molecule has 16 nitrogen and oxygen atoms in total. The van der Waals surface area contributed by atoms with Gasteiger partial charge in [0.15, 0.2) is 18.7 Å². The Hall–Kier alpha value is -1.99. The molecule has 2 fully saturated rings. The van der Waals surface area contributed by atoms with Gasteiger partial charge in [0.05, 0.1) is 19.3 Å². The van der Waals surface area contributed by atoms with Crippen LogP contribution in [-0.4, -0.2) is 111 Å². The third-order valence-electron chi connectivity index (χ3n) is 5.79. The molecule has 0 aromatic rings. The SMILES string of the molecule is C[C@H]1C(CO[C@@H]2OC(C(=O)NNC(=O)CCC(=O)NN)[C@@H](O)C(O)[C@@H]2O)[C@H](O)C(CO)O[C@H]1O. The molecule has 2 saturated heterocycles. The summed E-state index contributed by atoms with van der Waals surface area (Å²) >= 11 is 0. The summed E-state index contributed by atoms with van der Waals surface area (Å²) < 4.78 is 15.8. The zero-order valence-electron chi connectivity index (χ0n) is 18.3. The summed E-state index contributed by atoms with van der Waals surface area (Å²) in [4.78, 5) is 35.1. The van der Waals surface area contributed by atoms with E-state index in [1.165, 1.54) is 0 Å². The summed E-state index contributed by atoms with van der Waals surface area (Å²) in [6.45, 7) is 0.653. The van der Waals surface area contributed by atoms with Crippen molar-refractivity contribution >= 4 is 17.7 Å². The Morgan fingerprint density at radius 1 is 0.912 bits per heavy atom. The molecular weight excluding hydrogens is 464 g/mol. The second kappa shape index (κ2) is 12.6. The van der Waals surface area contributed by atoms with E-state index in [0.29, 0.717) is 0 Å². The predicted molar refractivity (Wildman–Crippen MR) is 107 cm³/mol. The van der Waals surface area contributed by atoms with Gasteiger partial charge in [-0.2, -0.15) is 0 Å². The Labute approximate surface area is 193 Å². The molecule has 0 saturated carbocycles. The Balaban J connectivity index is 1.96. The fourth-order valence-electron chi connectivity index (χ4n) is 3.56. The first-order valence-electron chi connectivity index (χ1n) is 10.5. The lowest BCUT2D eigenvalue weighted by Crippen LogP contribution is -2.63. The summed E-state index contributed by atoms with van der Waals surface area (Å²) in [5.74, 6) is 1.02. The molecule has 2 aliphatic heterocycles. The van der Waals surface area contributed by atoms with Crippen molar-refractivity contribution in [2.45, 2.75) is 69.0 Å². The van der Waals surface area contributed by atoms with Crippen LogP contribution in [0.1, 0.15) is 19.8 Å². The molecule has 0 spiro atoms. The van der Waals surface area contributed by atoms with Gasteiger partial charge < -0.3 is 44.8 Å². The van der Waals surface area contributed by atoms with E-state index in [4.69, 9.17) is 20.1 Å². The Morgan fingerprint density at radius 3 is 2.18 bits per heavy atom. The van der Waals surface area contributed by atoms with Crippen LogP contribution in [-0.2, 0) is 28.6 Å². The quantitative estimate of drug-likeness (QED) is 0.0853. The number of aliphatic hydroxyl groups excluding tert-OH is 6. The van der Waals surface area contributed by atoms with E-state index in [-0.39, 0.29) is 19.4 Å². The average molecular weight is 496 g/mol. The zero-order valence-corrected chi connectivity index (χ0v) is 18.3. The second-order valence-corrected chi connectivity index (χ2v) is 8.10. The van der Waals surface area contributed by atoms with E-state index in [1.54, 1.807) is 6.92 Å². The maximum atomic E-state index is 12.4. The van der Waals surface area contributed by atoms with Crippen LogP contribution in [0.4, 0.5) is 0 Å². The van der Waals surface area contributed by atoms with Crippen LogP contribution in [0.3, 0.4) is 0 Å². The lowest BCUT2D eigenvalue weighted by molar-refractivity contribution is -0.306. The van der Waals surface area contributed by atoms with Gasteiger partial charge in [0, 0.05) is 24.7 Å². The number of ether oxygens (including phenoxy) is 3. The van der Waals surface area contributed by atoms with Crippen molar-refractivity contribution in [3.05, 3.63) is 0 Å². The molecule has 0 aromatic carbocycles. The number of hydrazine groups is 2. The summed E-state index contributed by atoms with van der Waals surface area (Å²) in [6, 6.07) is 0. The van der Waals surface area contributed by atoms with Crippen molar-refractivity contribution in [2.75, 3.05) is 13.2 Å². The van der Waals surface area contributed by atoms with Crippen LogP contribution >= 0.6 is 0 Å². The van der Waals surface area contributed by atoms with Crippen LogP contribution in [0.2, 0.25) is 0 Å². The third kappa shape index (κ3) is 6.79. The van der Waals surface area contributed by atoms with Crippen LogP contribution in [0.5, 0.6) is 0 Å². The number of nitrogens with two attached hydrogens (primary N) is 1. The molecular formula is C18H32N4O12. The smallest absolute Gasteiger partial charge is 0.270 e. The van der Waals surface area contributed by atoms with Gasteiger partial charge in [-0.05, 0) is 0 Å². The highest BCUT2D eigenvalue weighted by Crippen LogP contribution is 2.31. The molecule has 0 radical (unpaired) electrons. The molecule has 2 rings (SSSR count). The highest BCUT2D eigenvalue weighted by molar-refractivity contribution is 5.87. The number of hydrogen-bond donors (Lipinski definition) is 10. The van der Waals surface area contributed by atoms with E-state index < -0.39 is 85.4 Å². The lowest BCUT2D eigenvalue weighted by atomic mass is 9.84. The number of hydrogen-bond acceptors (Lipinski definition) is 13. The van der Waals surface area contributed by atoms with Crippen molar-refractivity contribution in [1.29, 1.82) is 0 Å². The molecule has 4 unspecified atom stereocenters. The van der Waals surface area contributed by atoms with Crippen molar-refractivity contribution in [2.24, 2.45) is 17.7 Å². The minimum absolute atomic E-state index is 0.246. The topological polar surface area (TPSA) is 262 Å².